The van der Waals surface area contributed by atoms with Gasteiger partial charge in [-0.25, -0.2) is 9.18 Å². The summed E-state index contributed by atoms with van der Waals surface area (Å²) in [6.07, 6.45) is -1.07. The van der Waals surface area contributed by atoms with Gasteiger partial charge in [-0.1, -0.05) is 0 Å². The second kappa shape index (κ2) is 8.78. The van der Waals surface area contributed by atoms with E-state index in [2.05, 4.69) is 5.32 Å². The highest BCUT2D eigenvalue weighted by molar-refractivity contribution is 5.96. The van der Waals surface area contributed by atoms with Crippen LogP contribution in [-0.2, 0) is 16.1 Å². The normalized spacial score (nSPS) is 12.8. The number of amides is 1. The number of benzene rings is 2. The smallest absolute Gasteiger partial charge is 0.375 e. The van der Waals surface area contributed by atoms with Crippen LogP contribution in [0.4, 0.5) is 10.1 Å². The molecule has 31 heavy (non-hydrogen) atoms. The van der Waals surface area contributed by atoms with E-state index in [4.69, 9.17) is 23.4 Å². The summed E-state index contributed by atoms with van der Waals surface area (Å²) < 4.78 is 39.4. The molecular formula is C22H18FNO7. The molecule has 0 fully saturated rings. The first-order valence-electron chi connectivity index (χ1n) is 9.36. The molecule has 1 atom stereocenters. The van der Waals surface area contributed by atoms with Crippen molar-refractivity contribution in [2.24, 2.45) is 0 Å². The minimum absolute atomic E-state index is 0.0407. The van der Waals surface area contributed by atoms with E-state index in [9.17, 15) is 14.0 Å². The van der Waals surface area contributed by atoms with Crippen molar-refractivity contribution >= 4 is 17.6 Å². The first-order valence-corrected chi connectivity index (χ1v) is 9.36. The van der Waals surface area contributed by atoms with Crippen molar-refractivity contribution in [1.29, 1.82) is 0 Å². The summed E-state index contributed by atoms with van der Waals surface area (Å²) in [6.45, 7) is 1.61. The van der Waals surface area contributed by atoms with Crippen molar-refractivity contribution in [2.75, 3.05) is 12.1 Å². The average molecular weight is 427 g/mol. The number of carbonyl (C=O) groups excluding carboxylic acids is 2. The van der Waals surface area contributed by atoms with E-state index in [-0.39, 0.29) is 25.0 Å². The fourth-order valence-electron chi connectivity index (χ4n) is 2.74. The van der Waals surface area contributed by atoms with Crippen molar-refractivity contribution in [1.82, 2.24) is 0 Å². The van der Waals surface area contributed by atoms with Crippen LogP contribution in [-0.4, -0.2) is 24.8 Å². The Kier molecular flexibility index (Phi) is 5.74. The molecule has 9 heteroatoms. The zero-order valence-electron chi connectivity index (χ0n) is 16.4. The Bertz CT molecular complexity index is 1090. The molecular weight excluding hydrogens is 409 g/mol. The lowest BCUT2D eigenvalue weighted by Gasteiger charge is -2.13. The lowest BCUT2D eigenvalue weighted by atomic mass is 10.2. The van der Waals surface area contributed by atoms with Gasteiger partial charge in [-0.05, 0) is 55.5 Å². The largest absolute Gasteiger partial charge is 0.486 e. The fraction of sp³-hybridized carbons (Fsp3) is 0.182. The Morgan fingerprint density at radius 1 is 1.06 bits per heavy atom. The molecule has 1 aliphatic rings. The molecule has 1 aliphatic heterocycles. The number of carbonyl (C=O) groups is 2. The van der Waals surface area contributed by atoms with Gasteiger partial charge in [0.25, 0.3) is 5.91 Å². The van der Waals surface area contributed by atoms with Crippen LogP contribution < -0.4 is 19.5 Å². The van der Waals surface area contributed by atoms with Crippen LogP contribution in [0.5, 0.6) is 17.2 Å². The Balaban J connectivity index is 1.29. The van der Waals surface area contributed by atoms with E-state index >= 15 is 0 Å². The van der Waals surface area contributed by atoms with E-state index in [0.29, 0.717) is 28.7 Å². The summed E-state index contributed by atoms with van der Waals surface area (Å²) in [5, 5.41) is 2.65. The van der Waals surface area contributed by atoms with E-state index < -0.39 is 18.0 Å². The third-order valence-electron chi connectivity index (χ3n) is 4.35. The van der Waals surface area contributed by atoms with Crippen LogP contribution in [0.3, 0.4) is 0 Å². The molecule has 3 aromatic rings. The van der Waals surface area contributed by atoms with E-state index in [1.807, 2.05) is 0 Å². The summed E-state index contributed by atoms with van der Waals surface area (Å²) in [5.74, 6) is 0.194. The number of hydrogen-bond donors (Lipinski definition) is 1. The molecule has 2 aromatic carbocycles. The van der Waals surface area contributed by atoms with Crippen LogP contribution in [0.1, 0.15) is 23.2 Å². The molecule has 2 heterocycles. The van der Waals surface area contributed by atoms with Gasteiger partial charge in [-0.3, -0.25) is 4.79 Å². The third-order valence-corrected chi connectivity index (χ3v) is 4.35. The topological polar surface area (TPSA) is 96.2 Å². The van der Waals surface area contributed by atoms with Crippen LogP contribution in [0.2, 0.25) is 0 Å². The molecule has 0 bridgehead atoms. The molecule has 1 unspecified atom stereocenters. The highest BCUT2D eigenvalue weighted by Gasteiger charge is 2.22. The number of esters is 1. The predicted molar refractivity (Wildman–Crippen MR) is 106 cm³/mol. The van der Waals surface area contributed by atoms with Gasteiger partial charge in [-0.2, -0.15) is 0 Å². The highest BCUT2D eigenvalue weighted by Crippen LogP contribution is 2.34. The molecule has 0 saturated heterocycles. The number of halogens is 1. The van der Waals surface area contributed by atoms with Crippen molar-refractivity contribution in [3.05, 3.63) is 71.9 Å². The lowest BCUT2D eigenvalue weighted by molar-refractivity contribution is -0.123. The zero-order valence-corrected chi connectivity index (χ0v) is 16.4. The van der Waals surface area contributed by atoms with Gasteiger partial charge < -0.3 is 28.7 Å². The second-order valence-corrected chi connectivity index (χ2v) is 6.61. The molecule has 1 amide bonds. The van der Waals surface area contributed by atoms with Crippen LogP contribution in [0.15, 0.2) is 59.0 Å². The van der Waals surface area contributed by atoms with Gasteiger partial charge in [0, 0.05) is 11.8 Å². The molecule has 1 N–H and O–H groups in total. The molecule has 4 rings (SSSR count). The van der Waals surface area contributed by atoms with Crippen LogP contribution in [0, 0.1) is 5.82 Å². The van der Waals surface area contributed by atoms with Crippen molar-refractivity contribution in [2.45, 2.75) is 19.6 Å². The SMILES string of the molecule is CC(OC(=O)c1ccc(COc2ccc(F)cc2)o1)C(=O)Nc1ccc2c(c1)OCO2. The van der Waals surface area contributed by atoms with Gasteiger partial charge in [0.2, 0.25) is 12.6 Å². The Labute approximate surface area is 176 Å². The number of fused-ring (bicyclic) bond motifs is 1. The minimum Gasteiger partial charge on any atom is -0.486 e. The van der Waals surface area contributed by atoms with E-state index in [0.717, 1.165) is 0 Å². The maximum Gasteiger partial charge on any atom is 0.375 e. The summed E-state index contributed by atoms with van der Waals surface area (Å²) in [7, 11) is 0. The summed E-state index contributed by atoms with van der Waals surface area (Å²) in [6, 6.07) is 13.4. The average Bonchev–Trinajstić information content (AvgIpc) is 3.42. The Morgan fingerprint density at radius 3 is 2.65 bits per heavy atom. The number of rotatable bonds is 7. The number of anilines is 1. The number of nitrogens with one attached hydrogen (secondary N) is 1. The molecule has 160 valence electrons. The van der Waals surface area contributed by atoms with Crippen molar-refractivity contribution in [3.8, 4) is 17.2 Å². The predicted octanol–water partition coefficient (Wildman–Crippen LogP) is 3.91. The number of furan rings is 1. The van der Waals surface area contributed by atoms with Crippen LogP contribution in [0.25, 0.3) is 0 Å². The first kappa shape index (κ1) is 20.3. The zero-order chi connectivity index (χ0) is 21.8. The maximum atomic E-state index is 12.9. The molecule has 0 saturated carbocycles. The molecule has 8 nitrogen and oxygen atoms in total. The summed E-state index contributed by atoms with van der Waals surface area (Å²) >= 11 is 0. The van der Waals surface area contributed by atoms with Gasteiger partial charge in [-0.15, -0.1) is 0 Å². The molecule has 0 spiro atoms. The Morgan fingerprint density at radius 2 is 1.84 bits per heavy atom. The summed E-state index contributed by atoms with van der Waals surface area (Å²) in [4.78, 5) is 24.6. The maximum absolute atomic E-state index is 12.9. The van der Waals surface area contributed by atoms with Gasteiger partial charge >= 0.3 is 5.97 Å². The summed E-state index contributed by atoms with van der Waals surface area (Å²) in [5.41, 5.74) is 0.482. The molecule has 0 radical (unpaired) electrons. The van der Waals surface area contributed by atoms with Crippen LogP contribution >= 0.6 is 0 Å². The molecule has 0 aliphatic carbocycles. The standard InChI is InChI=1S/C22H18FNO7/c1-13(21(25)24-15-4-8-18-20(10-15)29-12-28-18)30-22(26)19-9-7-17(31-19)11-27-16-5-2-14(23)3-6-16/h2-10,13H,11-12H2,1H3,(H,24,25). The quantitative estimate of drug-likeness (QED) is 0.571. The van der Waals surface area contributed by atoms with E-state index in [1.165, 1.54) is 37.3 Å². The number of ether oxygens (including phenoxy) is 4. The van der Waals surface area contributed by atoms with Gasteiger partial charge in [0.1, 0.15) is 23.9 Å². The molecule has 1 aromatic heterocycles. The van der Waals surface area contributed by atoms with E-state index in [1.54, 1.807) is 24.3 Å². The Hall–Kier alpha value is -4.01. The minimum atomic E-state index is -1.07. The fourth-order valence-corrected chi connectivity index (χ4v) is 2.74. The van der Waals surface area contributed by atoms with Gasteiger partial charge in [0.05, 0.1) is 0 Å². The van der Waals surface area contributed by atoms with Crippen molar-refractivity contribution < 1.29 is 37.3 Å². The lowest BCUT2D eigenvalue weighted by Crippen LogP contribution is -2.29. The monoisotopic (exact) mass is 427 g/mol. The first-order chi connectivity index (χ1) is 15.0. The second-order valence-electron chi connectivity index (χ2n) is 6.61. The van der Waals surface area contributed by atoms with Gasteiger partial charge in [0.15, 0.2) is 17.6 Å². The number of hydrogen-bond acceptors (Lipinski definition) is 7. The highest BCUT2D eigenvalue weighted by atomic mass is 19.1. The third kappa shape index (κ3) is 4.95. The van der Waals surface area contributed by atoms with Crippen molar-refractivity contribution in [3.63, 3.8) is 0 Å².